The first kappa shape index (κ1) is 12.0. The van der Waals surface area contributed by atoms with Crippen LogP contribution in [0, 0.1) is 0 Å². The summed E-state index contributed by atoms with van der Waals surface area (Å²) >= 11 is 1.78. The highest BCUT2D eigenvalue weighted by Crippen LogP contribution is 2.18. The van der Waals surface area contributed by atoms with Crippen molar-refractivity contribution in [3.63, 3.8) is 0 Å². The van der Waals surface area contributed by atoms with Crippen molar-refractivity contribution in [1.82, 2.24) is 9.97 Å². The van der Waals surface area contributed by atoms with Gasteiger partial charge in [0.15, 0.2) is 0 Å². The fraction of sp³-hybridized carbons (Fsp3) is 0.214. The molecule has 5 heteroatoms. The van der Waals surface area contributed by atoms with Gasteiger partial charge in [0.2, 0.25) is 5.95 Å². The Hall–Kier alpha value is -2.01. The molecule has 1 aromatic carbocycles. The lowest BCUT2D eigenvalue weighted by atomic mass is 10.2. The number of benzene rings is 1. The number of hydrogen-bond acceptors (Lipinski definition) is 4. The SMILES string of the molecule is CC(Cc1cccs1)Nc1nc2ccc(N)cc2[nH]1. The summed E-state index contributed by atoms with van der Waals surface area (Å²) in [4.78, 5) is 9.13. The number of H-pyrrole nitrogens is 1. The van der Waals surface area contributed by atoms with Crippen LogP contribution in [0.5, 0.6) is 0 Å². The van der Waals surface area contributed by atoms with Crippen molar-refractivity contribution in [2.75, 3.05) is 11.1 Å². The van der Waals surface area contributed by atoms with Gasteiger partial charge in [-0.15, -0.1) is 11.3 Å². The van der Waals surface area contributed by atoms with Crippen LogP contribution in [0.4, 0.5) is 11.6 Å². The number of nitrogens with one attached hydrogen (secondary N) is 2. The minimum atomic E-state index is 0.330. The summed E-state index contributed by atoms with van der Waals surface area (Å²) in [7, 11) is 0. The molecular formula is C14H16N4S. The highest BCUT2D eigenvalue weighted by atomic mass is 32.1. The maximum absolute atomic E-state index is 5.76. The fourth-order valence-electron chi connectivity index (χ4n) is 2.11. The van der Waals surface area contributed by atoms with E-state index in [-0.39, 0.29) is 0 Å². The minimum Gasteiger partial charge on any atom is -0.399 e. The van der Waals surface area contributed by atoms with Crippen LogP contribution in [0.15, 0.2) is 35.7 Å². The number of thiophene rings is 1. The molecule has 0 spiro atoms. The van der Waals surface area contributed by atoms with Crippen molar-refractivity contribution in [3.05, 3.63) is 40.6 Å². The number of nitrogen functional groups attached to an aromatic ring is 1. The van der Waals surface area contributed by atoms with Gasteiger partial charge in [-0.2, -0.15) is 0 Å². The van der Waals surface area contributed by atoms with E-state index >= 15 is 0 Å². The first-order valence-electron chi connectivity index (χ1n) is 6.25. The molecule has 0 aliphatic rings. The molecule has 0 aliphatic heterocycles. The molecule has 1 unspecified atom stereocenters. The van der Waals surface area contributed by atoms with Gasteiger partial charge in [-0.05, 0) is 36.6 Å². The number of anilines is 2. The highest BCUT2D eigenvalue weighted by Gasteiger charge is 2.08. The second-order valence-electron chi connectivity index (χ2n) is 4.69. The molecule has 98 valence electrons. The van der Waals surface area contributed by atoms with Crippen molar-refractivity contribution in [2.45, 2.75) is 19.4 Å². The van der Waals surface area contributed by atoms with Crippen molar-refractivity contribution >= 4 is 34.0 Å². The summed E-state index contributed by atoms with van der Waals surface area (Å²) in [6.07, 6.45) is 0.997. The molecule has 0 aliphatic carbocycles. The lowest BCUT2D eigenvalue weighted by Crippen LogP contribution is -2.18. The molecule has 4 N–H and O–H groups in total. The Morgan fingerprint density at radius 3 is 3.11 bits per heavy atom. The first-order chi connectivity index (χ1) is 9.20. The topological polar surface area (TPSA) is 66.7 Å². The minimum absolute atomic E-state index is 0.330. The molecule has 0 saturated carbocycles. The number of imidazole rings is 1. The van der Waals surface area contributed by atoms with Gasteiger partial charge in [0.1, 0.15) is 0 Å². The number of nitrogens with two attached hydrogens (primary N) is 1. The van der Waals surface area contributed by atoms with Crippen LogP contribution in [0.1, 0.15) is 11.8 Å². The second-order valence-corrected chi connectivity index (χ2v) is 5.72. The summed E-state index contributed by atoms with van der Waals surface area (Å²) in [5, 5.41) is 5.49. The van der Waals surface area contributed by atoms with Crippen LogP contribution >= 0.6 is 11.3 Å². The monoisotopic (exact) mass is 272 g/mol. The average molecular weight is 272 g/mol. The van der Waals surface area contributed by atoms with Crippen LogP contribution in [0.25, 0.3) is 11.0 Å². The van der Waals surface area contributed by atoms with E-state index in [1.807, 2.05) is 18.2 Å². The molecule has 0 bridgehead atoms. The third kappa shape index (κ3) is 2.71. The number of rotatable bonds is 4. The molecule has 0 fully saturated rings. The molecular weight excluding hydrogens is 256 g/mol. The maximum Gasteiger partial charge on any atom is 0.201 e. The first-order valence-corrected chi connectivity index (χ1v) is 7.13. The van der Waals surface area contributed by atoms with E-state index in [0.717, 1.165) is 29.1 Å². The maximum atomic E-state index is 5.76. The number of aromatic nitrogens is 2. The van der Waals surface area contributed by atoms with Gasteiger partial charge in [-0.1, -0.05) is 6.07 Å². The Balaban J connectivity index is 1.74. The van der Waals surface area contributed by atoms with E-state index in [2.05, 4.69) is 39.7 Å². The lowest BCUT2D eigenvalue weighted by Gasteiger charge is -2.11. The summed E-state index contributed by atoms with van der Waals surface area (Å²) in [5.74, 6) is 0.796. The second kappa shape index (κ2) is 4.93. The van der Waals surface area contributed by atoms with Crippen molar-refractivity contribution in [3.8, 4) is 0 Å². The van der Waals surface area contributed by atoms with Crippen LogP contribution in [0.2, 0.25) is 0 Å². The van der Waals surface area contributed by atoms with Crippen LogP contribution < -0.4 is 11.1 Å². The Kier molecular flexibility index (Phi) is 3.13. The van der Waals surface area contributed by atoms with Crippen molar-refractivity contribution < 1.29 is 0 Å². The van der Waals surface area contributed by atoms with Gasteiger partial charge in [-0.25, -0.2) is 4.98 Å². The van der Waals surface area contributed by atoms with E-state index in [1.165, 1.54) is 4.88 Å². The molecule has 0 radical (unpaired) electrons. The Morgan fingerprint density at radius 2 is 2.32 bits per heavy atom. The molecule has 4 nitrogen and oxygen atoms in total. The Labute approximate surface area is 115 Å². The molecule has 2 heterocycles. The predicted molar refractivity (Wildman–Crippen MR) is 81.6 cm³/mol. The Morgan fingerprint density at radius 1 is 1.42 bits per heavy atom. The van der Waals surface area contributed by atoms with Crippen molar-refractivity contribution in [2.24, 2.45) is 0 Å². The molecule has 19 heavy (non-hydrogen) atoms. The van der Waals surface area contributed by atoms with Crippen LogP contribution in [-0.4, -0.2) is 16.0 Å². The summed E-state index contributed by atoms with van der Waals surface area (Å²) in [5.41, 5.74) is 8.40. The molecule has 3 aromatic rings. The van der Waals surface area contributed by atoms with E-state index in [4.69, 9.17) is 5.73 Å². The predicted octanol–water partition coefficient (Wildman–Crippen LogP) is 3.25. The molecule has 0 saturated heterocycles. The van der Waals surface area contributed by atoms with E-state index in [9.17, 15) is 0 Å². The zero-order valence-corrected chi connectivity index (χ0v) is 11.5. The fourth-order valence-corrected chi connectivity index (χ4v) is 2.95. The highest BCUT2D eigenvalue weighted by molar-refractivity contribution is 7.09. The zero-order valence-electron chi connectivity index (χ0n) is 10.7. The molecule has 1 atom stereocenters. The molecule has 3 rings (SSSR count). The number of hydrogen-bond donors (Lipinski definition) is 3. The number of nitrogens with zero attached hydrogens (tertiary/aromatic N) is 1. The third-order valence-electron chi connectivity index (χ3n) is 2.98. The van der Waals surface area contributed by atoms with Crippen LogP contribution in [-0.2, 0) is 6.42 Å². The number of fused-ring (bicyclic) bond motifs is 1. The van der Waals surface area contributed by atoms with E-state index in [1.54, 1.807) is 11.3 Å². The smallest absolute Gasteiger partial charge is 0.201 e. The standard InChI is InChI=1S/C14H16N4S/c1-9(7-11-3-2-6-19-11)16-14-17-12-5-4-10(15)8-13(12)18-14/h2-6,8-9H,7,15H2,1H3,(H2,16,17,18). The van der Waals surface area contributed by atoms with E-state index in [0.29, 0.717) is 6.04 Å². The molecule has 2 aromatic heterocycles. The van der Waals surface area contributed by atoms with E-state index < -0.39 is 0 Å². The van der Waals surface area contributed by atoms with Gasteiger partial charge in [0.25, 0.3) is 0 Å². The van der Waals surface area contributed by atoms with Gasteiger partial charge >= 0.3 is 0 Å². The van der Waals surface area contributed by atoms with Gasteiger partial charge < -0.3 is 16.0 Å². The quantitative estimate of drug-likeness (QED) is 0.639. The summed E-state index contributed by atoms with van der Waals surface area (Å²) in [6, 6.07) is 10.3. The van der Waals surface area contributed by atoms with Gasteiger partial charge in [0.05, 0.1) is 11.0 Å². The lowest BCUT2D eigenvalue weighted by molar-refractivity contribution is 0.791. The zero-order chi connectivity index (χ0) is 13.2. The molecule has 0 amide bonds. The van der Waals surface area contributed by atoms with Crippen LogP contribution in [0.3, 0.4) is 0 Å². The van der Waals surface area contributed by atoms with Gasteiger partial charge in [0, 0.05) is 23.0 Å². The summed E-state index contributed by atoms with van der Waals surface area (Å²) < 4.78 is 0. The summed E-state index contributed by atoms with van der Waals surface area (Å²) in [6.45, 7) is 2.15. The normalized spacial score (nSPS) is 12.7. The van der Waals surface area contributed by atoms with Crippen molar-refractivity contribution in [1.29, 1.82) is 0 Å². The third-order valence-corrected chi connectivity index (χ3v) is 3.88. The largest absolute Gasteiger partial charge is 0.399 e. The average Bonchev–Trinajstić information content (AvgIpc) is 2.97. The number of aromatic amines is 1. The Bertz CT molecular complexity index is 672. The van der Waals surface area contributed by atoms with Gasteiger partial charge in [-0.3, -0.25) is 0 Å².